The topological polar surface area (TPSA) is 47.3 Å². The van der Waals surface area contributed by atoms with Gasteiger partial charge in [-0.1, -0.05) is 18.2 Å². The summed E-state index contributed by atoms with van der Waals surface area (Å²) in [5.74, 6) is 2.00. The Bertz CT molecular complexity index is 348. The maximum Gasteiger partial charge on any atom is 0.122 e. The zero-order valence-electron chi connectivity index (χ0n) is 10.5. The minimum Gasteiger partial charge on any atom is -0.496 e. The second-order valence-electron chi connectivity index (χ2n) is 4.69. The van der Waals surface area contributed by atoms with Crippen molar-refractivity contribution in [2.75, 3.05) is 26.7 Å². The molecule has 3 nitrogen and oxygen atoms in total. The van der Waals surface area contributed by atoms with Crippen LogP contribution in [0.15, 0.2) is 24.3 Å². The molecule has 3 N–H and O–H groups in total. The van der Waals surface area contributed by atoms with E-state index in [1.54, 1.807) is 7.11 Å². The third-order valence-corrected chi connectivity index (χ3v) is 3.70. The lowest BCUT2D eigenvalue weighted by atomic mass is 9.81. The Balaban J connectivity index is 2.21. The largest absolute Gasteiger partial charge is 0.496 e. The van der Waals surface area contributed by atoms with Crippen molar-refractivity contribution < 1.29 is 4.74 Å². The first-order chi connectivity index (χ1) is 8.36. The first kappa shape index (κ1) is 12.4. The predicted molar refractivity (Wildman–Crippen MR) is 70.4 cm³/mol. The number of hydrogen-bond donors (Lipinski definition) is 2. The molecule has 1 aliphatic rings. The minimum absolute atomic E-state index is 0.402. The highest BCUT2D eigenvalue weighted by Crippen LogP contribution is 2.34. The highest BCUT2D eigenvalue weighted by atomic mass is 16.5. The molecular formula is C14H22N2O. The molecule has 2 unspecified atom stereocenters. The van der Waals surface area contributed by atoms with Gasteiger partial charge in [0.25, 0.3) is 0 Å². The van der Waals surface area contributed by atoms with Crippen LogP contribution in [0.1, 0.15) is 24.3 Å². The second-order valence-corrected chi connectivity index (χ2v) is 4.69. The van der Waals surface area contributed by atoms with Gasteiger partial charge in [0.15, 0.2) is 0 Å². The molecule has 1 fully saturated rings. The molecule has 0 radical (unpaired) electrons. The zero-order chi connectivity index (χ0) is 12.1. The van der Waals surface area contributed by atoms with Crippen molar-refractivity contribution in [3.63, 3.8) is 0 Å². The number of piperidine rings is 1. The molecular weight excluding hydrogens is 212 g/mol. The fraction of sp³-hybridized carbons (Fsp3) is 0.571. The van der Waals surface area contributed by atoms with Gasteiger partial charge in [-0.25, -0.2) is 0 Å². The van der Waals surface area contributed by atoms with Crippen molar-refractivity contribution >= 4 is 0 Å². The van der Waals surface area contributed by atoms with E-state index in [-0.39, 0.29) is 0 Å². The molecule has 0 aromatic heterocycles. The van der Waals surface area contributed by atoms with Crippen LogP contribution in [0, 0.1) is 5.92 Å². The Morgan fingerprint density at radius 3 is 2.94 bits per heavy atom. The maximum atomic E-state index is 5.98. The van der Waals surface area contributed by atoms with Gasteiger partial charge in [-0.15, -0.1) is 0 Å². The molecule has 1 saturated heterocycles. The number of rotatable bonds is 4. The Morgan fingerprint density at radius 2 is 2.29 bits per heavy atom. The van der Waals surface area contributed by atoms with Crippen LogP contribution in [0.5, 0.6) is 5.75 Å². The predicted octanol–water partition coefficient (Wildman–Crippen LogP) is 1.74. The van der Waals surface area contributed by atoms with Gasteiger partial charge in [-0.2, -0.15) is 0 Å². The van der Waals surface area contributed by atoms with E-state index in [1.807, 2.05) is 12.1 Å². The SMILES string of the molecule is COc1ccccc1C(CN)C1CCCNC1. The first-order valence-electron chi connectivity index (χ1n) is 6.40. The first-order valence-corrected chi connectivity index (χ1v) is 6.40. The van der Waals surface area contributed by atoms with E-state index in [2.05, 4.69) is 17.4 Å². The van der Waals surface area contributed by atoms with E-state index in [0.717, 1.165) is 18.8 Å². The quantitative estimate of drug-likeness (QED) is 0.834. The molecule has 1 aromatic carbocycles. The third-order valence-electron chi connectivity index (χ3n) is 3.70. The molecule has 1 heterocycles. The van der Waals surface area contributed by atoms with E-state index in [9.17, 15) is 0 Å². The molecule has 2 rings (SSSR count). The average molecular weight is 234 g/mol. The number of benzene rings is 1. The van der Waals surface area contributed by atoms with Crippen LogP contribution in [-0.4, -0.2) is 26.7 Å². The summed E-state index contributed by atoms with van der Waals surface area (Å²) in [5, 5.41) is 3.46. The van der Waals surface area contributed by atoms with Crippen molar-refractivity contribution in [2.45, 2.75) is 18.8 Å². The average Bonchev–Trinajstić information content (AvgIpc) is 2.41. The Morgan fingerprint density at radius 1 is 1.47 bits per heavy atom. The van der Waals surface area contributed by atoms with E-state index < -0.39 is 0 Å². The molecule has 0 bridgehead atoms. The number of methoxy groups -OCH3 is 1. The summed E-state index contributed by atoms with van der Waals surface area (Å²) in [6.45, 7) is 2.90. The Labute approximate surface area is 103 Å². The van der Waals surface area contributed by atoms with E-state index in [1.165, 1.54) is 18.4 Å². The van der Waals surface area contributed by atoms with Crippen LogP contribution in [0.25, 0.3) is 0 Å². The smallest absolute Gasteiger partial charge is 0.122 e. The van der Waals surface area contributed by atoms with E-state index in [0.29, 0.717) is 18.4 Å². The van der Waals surface area contributed by atoms with Crippen LogP contribution < -0.4 is 15.8 Å². The van der Waals surface area contributed by atoms with Crippen molar-refractivity contribution in [3.05, 3.63) is 29.8 Å². The number of nitrogens with one attached hydrogen (secondary N) is 1. The van der Waals surface area contributed by atoms with Crippen LogP contribution in [0.4, 0.5) is 0 Å². The summed E-state index contributed by atoms with van der Waals surface area (Å²) in [4.78, 5) is 0. The van der Waals surface area contributed by atoms with Gasteiger partial charge in [0.1, 0.15) is 5.75 Å². The Kier molecular flexibility index (Phi) is 4.40. The fourth-order valence-corrected chi connectivity index (χ4v) is 2.77. The van der Waals surface area contributed by atoms with Crippen LogP contribution >= 0.6 is 0 Å². The van der Waals surface area contributed by atoms with Crippen LogP contribution in [0.3, 0.4) is 0 Å². The van der Waals surface area contributed by atoms with Crippen LogP contribution in [-0.2, 0) is 0 Å². The summed E-state index contributed by atoms with van der Waals surface area (Å²) in [5.41, 5.74) is 7.23. The van der Waals surface area contributed by atoms with E-state index >= 15 is 0 Å². The molecule has 1 aliphatic heterocycles. The molecule has 2 atom stereocenters. The minimum atomic E-state index is 0.402. The number of nitrogens with two attached hydrogens (primary N) is 1. The van der Waals surface area contributed by atoms with Crippen LogP contribution in [0.2, 0.25) is 0 Å². The Hall–Kier alpha value is -1.06. The van der Waals surface area contributed by atoms with Gasteiger partial charge in [-0.05, 0) is 50.0 Å². The summed E-state index contributed by atoms with van der Waals surface area (Å²) in [7, 11) is 1.73. The number of ether oxygens (including phenoxy) is 1. The lowest BCUT2D eigenvalue weighted by Gasteiger charge is -2.31. The third kappa shape index (κ3) is 2.79. The summed E-state index contributed by atoms with van der Waals surface area (Å²) in [6.07, 6.45) is 2.50. The molecule has 0 amide bonds. The number of para-hydroxylation sites is 1. The molecule has 17 heavy (non-hydrogen) atoms. The normalized spacial score (nSPS) is 22.1. The van der Waals surface area contributed by atoms with Crippen molar-refractivity contribution in [3.8, 4) is 5.75 Å². The highest BCUT2D eigenvalue weighted by molar-refractivity contribution is 5.37. The van der Waals surface area contributed by atoms with Gasteiger partial charge in [0.2, 0.25) is 0 Å². The zero-order valence-corrected chi connectivity index (χ0v) is 10.5. The van der Waals surface area contributed by atoms with Gasteiger partial charge in [0.05, 0.1) is 7.11 Å². The molecule has 94 valence electrons. The monoisotopic (exact) mass is 234 g/mol. The molecule has 0 saturated carbocycles. The van der Waals surface area contributed by atoms with Gasteiger partial charge in [-0.3, -0.25) is 0 Å². The van der Waals surface area contributed by atoms with Crippen molar-refractivity contribution in [1.29, 1.82) is 0 Å². The summed E-state index contributed by atoms with van der Waals surface area (Å²) < 4.78 is 5.44. The maximum absolute atomic E-state index is 5.98. The molecule has 1 aromatic rings. The standard InChI is InChI=1S/C14H22N2O/c1-17-14-7-3-2-6-12(14)13(9-15)11-5-4-8-16-10-11/h2-3,6-7,11,13,16H,4-5,8-10,15H2,1H3. The van der Waals surface area contributed by atoms with Gasteiger partial charge < -0.3 is 15.8 Å². The lowest BCUT2D eigenvalue weighted by Crippen LogP contribution is -2.35. The van der Waals surface area contributed by atoms with Gasteiger partial charge >= 0.3 is 0 Å². The molecule has 0 spiro atoms. The van der Waals surface area contributed by atoms with Crippen molar-refractivity contribution in [1.82, 2.24) is 5.32 Å². The molecule has 0 aliphatic carbocycles. The second kappa shape index (κ2) is 6.03. The van der Waals surface area contributed by atoms with Crippen molar-refractivity contribution in [2.24, 2.45) is 11.7 Å². The fourth-order valence-electron chi connectivity index (χ4n) is 2.77. The highest BCUT2D eigenvalue weighted by Gasteiger charge is 2.25. The van der Waals surface area contributed by atoms with E-state index in [4.69, 9.17) is 10.5 Å². The number of hydrogen-bond acceptors (Lipinski definition) is 3. The summed E-state index contributed by atoms with van der Waals surface area (Å²) in [6, 6.07) is 8.24. The van der Waals surface area contributed by atoms with Gasteiger partial charge in [0, 0.05) is 5.92 Å². The lowest BCUT2D eigenvalue weighted by molar-refractivity contribution is 0.316. The molecule has 3 heteroatoms. The summed E-state index contributed by atoms with van der Waals surface area (Å²) >= 11 is 0.